The number of carbonyl (C=O) groups excluding carboxylic acids is 2. The highest BCUT2D eigenvalue weighted by Crippen LogP contribution is 2.27. The summed E-state index contributed by atoms with van der Waals surface area (Å²) in [7, 11) is -4.17. The lowest BCUT2D eigenvalue weighted by Crippen LogP contribution is -2.53. The molecule has 0 fully saturated rings. The Hall–Kier alpha value is -4.14. The Kier molecular flexibility index (Phi) is 11.0. The average molecular weight is 618 g/mol. The molecule has 224 valence electrons. The van der Waals surface area contributed by atoms with Gasteiger partial charge in [-0.25, -0.2) is 8.42 Å². The van der Waals surface area contributed by atoms with Crippen LogP contribution in [0.15, 0.2) is 114 Å². The molecule has 0 aliphatic carbocycles. The zero-order valence-electron chi connectivity index (χ0n) is 24.3. The van der Waals surface area contributed by atoms with Crippen LogP contribution in [0.5, 0.6) is 0 Å². The fraction of sp³-hybridized carbons (Fsp3) is 0.235. The van der Waals surface area contributed by atoms with Crippen molar-refractivity contribution < 1.29 is 18.0 Å². The largest absolute Gasteiger partial charge is 0.354 e. The smallest absolute Gasteiger partial charge is 0.264 e. The molecule has 0 spiro atoms. The fourth-order valence-electron chi connectivity index (χ4n) is 4.69. The van der Waals surface area contributed by atoms with E-state index in [9.17, 15) is 18.0 Å². The topological polar surface area (TPSA) is 86.8 Å². The lowest BCUT2D eigenvalue weighted by atomic mass is 10.0. The maximum Gasteiger partial charge on any atom is 0.264 e. The third-order valence-corrected chi connectivity index (χ3v) is 9.02. The van der Waals surface area contributed by atoms with Crippen molar-refractivity contribution in [2.24, 2.45) is 0 Å². The second-order valence-electron chi connectivity index (χ2n) is 10.3. The summed E-state index contributed by atoms with van der Waals surface area (Å²) in [6, 6.07) is 30.6. The van der Waals surface area contributed by atoms with Crippen molar-refractivity contribution in [1.29, 1.82) is 0 Å². The first kappa shape index (κ1) is 31.8. The zero-order chi connectivity index (χ0) is 30.8. The Labute approximate surface area is 259 Å². The van der Waals surface area contributed by atoms with Gasteiger partial charge < -0.3 is 10.2 Å². The van der Waals surface area contributed by atoms with Crippen molar-refractivity contribution in [1.82, 2.24) is 10.2 Å². The molecule has 4 aromatic carbocycles. The van der Waals surface area contributed by atoms with Crippen LogP contribution in [-0.2, 0) is 32.6 Å². The van der Waals surface area contributed by atoms with Gasteiger partial charge in [0.15, 0.2) is 0 Å². The van der Waals surface area contributed by atoms with E-state index in [1.165, 1.54) is 23.1 Å². The number of carbonyl (C=O) groups is 2. The molecule has 9 heteroatoms. The number of hydrogen-bond acceptors (Lipinski definition) is 4. The van der Waals surface area contributed by atoms with Crippen molar-refractivity contribution in [3.05, 3.63) is 131 Å². The Morgan fingerprint density at radius 2 is 1.49 bits per heavy atom. The predicted molar refractivity (Wildman–Crippen MR) is 171 cm³/mol. The molecule has 4 rings (SSSR count). The molecule has 0 unspecified atom stereocenters. The molecular weight excluding hydrogens is 582 g/mol. The van der Waals surface area contributed by atoms with Crippen LogP contribution in [0.4, 0.5) is 5.69 Å². The van der Waals surface area contributed by atoms with Crippen molar-refractivity contribution in [2.75, 3.05) is 17.4 Å². The summed E-state index contributed by atoms with van der Waals surface area (Å²) in [5.41, 5.74) is 3.00. The van der Waals surface area contributed by atoms with Crippen molar-refractivity contribution in [3.63, 3.8) is 0 Å². The summed E-state index contributed by atoms with van der Waals surface area (Å²) in [5, 5.41) is 3.28. The third-order valence-electron chi connectivity index (χ3n) is 7.00. The standard InChI is InChI=1S/C34H36ClN3O4S/c1-3-21-36-34(40)32(22-27-11-6-4-7-12-27)37(24-28-19-17-26(2)18-20-28)33(39)25-38(30-14-10-13-29(35)23-30)43(41,42)31-15-8-5-9-16-31/h4-20,23,32H,3,21-22,24-25H2,1-2H3,(H,36,40)/t32-/m1/s1. The van der Waals surface area contributed by atoms with Crippen molar-refractivity contribution in [2.45, 2.75) is 44.2 Å². The molecule has 0 aliphatic rings. The van der Waals surface area contributed by atoms with E-state index in [-0.39, 0.29) is 29.5 Å². The number of hydrogen-bond donors (Lipinski definition) is 1. The number of anilines is 1. The number of halogens is 1. The molecule has 0 radical (unpaired) electrons. The van der Waals surface area contributed by atoms with E-state index >= 15 is 0 Å². The zero-order valence-corrected chi connectivity index (χ0v) is 25.9. The highest BCUT2D eigenvalue weighted by atomic mass is 35.5. The van der Waals surface area contributed by atoms with Gasteiger partial charge in [-0.2, -0.15) is 0 Å². The van der Waals surface area contributed by atoms with Gasteiger partial charge in [-0.3, -0.25) is 13.9 Å². The molecule has 0 aromatic heterocycles. The van der Waals surface area contributed by atoms with Crippen LogP contribution >= 0.6 is 11.6 Å². The third kappa shape index (κ3) is 8.46. The SMILES string of the molecule is CCCNC(=O)[C@@H](Cc1ccccc1)N(Cc1ccc(C)cc1)C(=O)CN(c1cccc(Cl)c1)S(=O)(=O)c1ccccc1. The first-order valence-corrected chi connectivity index (χ1v) is 16.0. The van der Waals surface area contributed by atoms with Gasteiger partial charge >= 0.3 is 0 Å². The molecule has 0 heterocycles. The van der Waals surface area contributed by atoms with E-state index in [1.807, 2.05) is 68.4 Å². The second-order valence-corrected chi connectivity index (χ2v) is 12.6. The van der Waals surface area contributed by atoms with E-state index in [1.54, 1.807) is 36.4 Å². The van der Waals surface area contributed by atoms with Gasteiger partial charge in [-0.1, -0.05) is 103 Å². The first-order valence-electron chi connectivity index (χ1n) is 14.2. The van der Waals surface area contributed by atoms with Crippen molar-refractivity contribution >= 4 is 39.1 Å². The van der Waals surface area contributed by atoms with Crippen LogP contribution in [0.3, 0.4) is 0 Å². The molecule has 0 saturated carbocycles. The number of nitrogens with one attached hydrogen (secondary N) is 1. The molecular formula is C34H36ClN3O4S. The van der Waals surface area contributed by atoms with Crippen molar-refractivity contribution in [3.8, 4) is 0 Å². The maximum atomic E-state index is 14.4. The quantitative estimate of drug-likeness (QED) is 0.199. The molecule has 0 bridgehead atoms. The lowest BCUT2D eigenvalue weighted by molar-refractivity contribution is -0.140. The number of aryl methyl sites for hydroxylation is 1. The highest BCUT2D eigenvalue weighted by molar-refractivity contribution is 7.92. The summed E-state index contributed by atoms with van der Waals surface area (Å²) in [5.74, 6) is -0.820. The molecule has 0 aliphatic heterocycles. The maximum absolute atomic E-state index is 14.4. The molecule has 7 nitrogen and oxygen atoms in total. The average Bonchev–Trinajstić information content (AvgIpc) is 3.02. The van der Waals surface area contributed by atoms with Crippen LogP contribution in [0, 0.1) is 6.92 Å². The molecule has 2 amide bonds. The Balaban J connectivity index is 1.78. The second kappa shape index (κ2) is 14.8. The first-order chi connectivity index (χ1) is 20.7. The van der Waals surface area contributed by atoms with Crippen LogP contribution in [0.1, 0.15) is 30.0 Å². The number of rotatable bonds is 13. The number of nitrogens with zero attached hydrogens (tertiary/aromatic N) is 2. The predicted octanol–water partition coefficient (Wildman–Crippen LogP) is 6.01. The van der Waals surface area contributed by atoms with Gasteiger partial charge in [-0.15, -0.1) is 0 Å². The lowest BCUT2D eigenvalue weighted by Gasteiger charge is -2.34. The van der Waals surface area contributed by atoms with E-state index in [2.05, 4.69) is 5.32 Å². The number of amides is 2. The van der Waals surface area contributed by atoms with Crippen LogP contribution in [0.25, 0.3) is 0 Å². The minimum Gasteiger partial charge on any atom is -0.354 e. The summed E-state index contributed by atoms with van der Waals surface area (Å²) < 4.78 is 29.0. The van der Waals surface area contributed by atoms with E-state index in [0.717, 1.165) is 27.4 Å². The molecule has 43 heavy (non-hydrogen) atoms. The van der Waals surface area contributed by atoms with E-state index < -0.39 is 28.5 Å². The van der Waals surface area contributed by atoms with Gasteiger partial charge in [0, 0.05) is 24.5 Å². The van der Waals surface area contributed by atoms with Gasteiger partial charge in [0.05, 0.1) is 10.6 Å². The Morgan fingerprint density at radius 3 is 2.12 bits per heavy atom. The fourth-order valence-corrected chi connectivity index (χ4v) is 6.30. The Bertz CT molecular complexity index is 1610. The van der Waals surface area contributed by atoms with Crippen LogP contribution < -0.4 is 9.62 Å². The normalized spacial score (nSPS) is 11.9. The van der Waals surface area contributed by atoms with E-state index in [4.69, 9.17) is 11.6 Å². The number of benzene rings is 4. The van der Waals surface area contributed by atoms with Gasteiger partial charge in [-0.05, 0) is 54.8 Å². The Morgan fingerprint density at radius 1 is 0.837 bits per heavy atom. The monoisotopic (exact) mass is 617 g/mol. The minimum atomic E-state index is -4.17. The highest BCUT2D eigenvalue weighted by Gasteiger charge is 2.34. The van der Waals surface area contributed by atoms with Crippen LogP contribution in [-0.4, -0.2) is 44.3 Å². The van der Waals surface area contributed by atoms with Gasteiger partial charge in [0.2, 0.25) is 11.8 Å². The molecule has 0 saturated heterocycles. The van der Waals surface area contributed by atoms with Gasteiger partial charge in [0.1, 0.15) is 12.6 Å². The van der Waals surface area contributed by atoms with E-state index in [0.29, 0.717) is 11.6 Å². The summed E-state index contributed by atoms with van der Waals surface area (Å²) in [6.45, 7) is 3.97. The van der Waals surface area contributed by atoms with Gasteiger partial charge in [0.25, 0.3) is 10.0 Å². The summed E-state index contributed by atoms with van der Waals surface area (Å²) in [6.07, 6.45) is 0.990. The summed E-state index contributed by atoms with van der Waals surface area (Å²) >= 11 is 6.27. The van der Waals surface area contributed by atoms with Crippen LogP contribution in [0.2, 0.25) is 5.02 Å². The minimum absolute atomic E-state index is 0.0365. The number of sulfonamides is 1. The molecule has 1 N–H and O–H groups in total. The molecule has 1 atom stereocenters. The summed E-state index contributed by atoms with van der Waals surface area (Å²) in [4.78, 5) is 29.6. The molecule has 4 aromatic rings.